The number of rotatable bonds is 2. The number of hydrogen-bond acceptors (Lipinski definition) is 3. The lowest BCUT2D eigenvalue weighted by atomic mass is 10.3. The van der Waals surface area contributed by atoms with Gasteiger partial charge in [-0.25, -0.2) is 14.6 Å². The van der Waals surface area contributed by atoms with Crippen LogP contribution in [-0.2, 0) is 0 Å². The van der Waals surface area contributed by atoms with Crippen LogP contribution < -0.4 is 5.32 Å². The molecule has 0 bridgehead atoms. The highest BCUT2D eigenvalue weighted by atomic mass is 16.4. The summed E-state index contributed by atoms with van der Waals surface area (Å²) in [5.41, 5.74) is 0.469. The number of aromatic nitrogens is 1. The predicted octanol–water partition coefficient (Wildman–Crippen LogP) is 1.41. The average Bonchev–Trinajstić information content (AvgIpc) is 2.83. The molecule has 0 aliphatic carbocycles. The summed E-state index contributed by atoms with van der Waals surface area (Å²) in [5, 5.41) is 11.4. The van der Waals surface area contributed by atoms with E-state index in [1.165, 1.54) is 18.3 Å². The fourth-order valence-electron chi connectivity index (χ4n) is 1.72. The van der Waals surface area contributed by atoms with Crippen molar-refractivity contribution in [3.8, 4) is 0 Å². The first-order chi connectivity index (χ1) is 8.16. The molecule has 2 N–H and O–H groups in total. The van der Waals surface area contributed by atoms with Crippen molar-refractivity contribution in [2.24, 2.45) is 0 Å². The van der Waals surface area contributed by atoms with Gasteiger partial charge in [0.2, 0.25) is 0 Å². The number of pyridine rings is 1. The minimum Gasteiger partial charge on any atom is -0.477 e. The molecule has 17 heavy (non-hydrogen) atoms. The lowest BCUT2D eigenvalue weighted by Gasteiger charge is -2.15. The van der Waals surface area contributed by atoms with Gasteiger partial charge in [0, 0.05) is 13.1 Å². The zero-order valence-corrected chi connectivity index (χ0v) is 9.22. The fraction of sp³-hybridized carbons (Fsp3) is 0.364. The van der Waals surface area contributed by atoms with E-state index in [4.69, 9.17) is 5.11 Å². The Bertz CT molecular complexity index is 424. The fourth-order valence-corrected chi connectivity index (χ4v) is 1.72. The van der Waals surface area contributed by atoms with Crippen molar-refractivity contribution < 1.29 is 14.7 Å². The molecule has 0 spiro atoms. The number of urea groups is 1. The Kier molecular flexibility index (Phi) is 3.22. The van der Waals surface area contributed by atoms with Crippen molar-refractivity contribution in [3.63, 3.8) is 0 Å². The summed E-state index contributed by atoms with van der Waals surface area (Å²) >= 11 is 0. The highest BCUT2D eigenvalue weighted by Gasteiger charge is 2.17. The maximum Gasteiger partial charge on any atom is 0.354 e. The molecule has 0 saturated carbocycles. The molecule has 0 aromatic carbocycles. The Morgan fingerprint density at radius 3 is 2.53 bits per heavy atom. The molecule has 2 rings (SSSR count). The van der Waals surface area contributed by atoms with Crippen molar-refractivity contribution in [3.05, 3.63) is 24.0 Å². The van der Waals surface area contributed by atoms with Crippen LogP contribution >= 0.6 is 0 Å². The quantitative estimate of drug-likeness (QED) is 0.811. The van der Waals surface area contributed by atoms with Gasteiger partial charge >= 0.3 is 12.0 Å². The topological polar surface area (TPSA) is 82.5 Å². The normalized spacial score (nSPS) is 14.7. The van der Waals surface area contributed by atoms with E-state index in [9.17, 15) is 9.59 Å². The molecule has 2 amide bonds. The molecule has 90 valence electrons. The second-order valence-corrected chi connectivity index (χ2v) is 3.86. The van der Waals surface area contributed by atoms with Gasteiger partial charge in [0.05, 0.1) is 11.9 Å². The number of aromatic carboxylic acids is 1. The van der Waals surface area contributed by atoms with Crippen molar-refractivity contribution >= 4 is 17.7 Å². The number of carbonyl (C=O) groups excluding carboxylic acids is 1. The Hall–Kier alpha value is -2.11. The third-order valence-corrected chi connectivity index (χ3v) is 2.63. The molecule has 0 radical (unpaired) electrons. The standard InChI is InChI=1S/C11H13N3O3/c15-10(16)9-4-3-8(7-12-9)13-11(17)14-5-1-2-6-14/h3-4,7H,1-2,5-6H2,(H,13,17)(H,15,16). The third kappa shape index (κ3) is 2.72. The van der Waals surface area contributed by atoms with E-state index in [2.05, 4.69) is 10.3 Å². The maximum atomic E-state index is 11.7. The van der Waals surface area contributed by atoms with Crippen LogP contribution in [0.5, 0.6) is 0 Å². The summed E-state index contributed by atoms with van der Waals surface area (Å²) in [6.07, 6.45) is 3.41. The molecule has 1 aliphatic heterocycles. The van der Waals surface area contributed by atoms with E-state index in [0.717, 1.165) is 25.9 Å². The number of nitrogens with zero attached hydrogens (tertiary/aromatic N) is 2. The van der Waals surface area contributed by atoms with Crippen molar-refractivity contribution in [2.75, 3.05) is 18.4 Å². The van der Waals surface area contributed by atoms with Gasteiger partial charge in [-0.2, -0.15) is 0 Å². The number of likely N-dealkylation sites (tertiary alicyclic amines) is 1. The summed E-state index contributed by atoms with van der Waals surface area (Å²) in [7, 11) is 0. The third-order valence-electron chi connectivity index (χ3n) is 2.63. The molecule has 0 unspecified atom stereocenters. The van der Waals surface area contributed by atoms with E-state index >= 15 is 0 Å². The molecule has 6 heteroatoms. The number of anilines is 1. The Morgan fingerprint density at radius 1 is 1.29 bits per heavy atom. The van der Waals surface area contributed by atoms with E-state index in [-0.39, 0.29) is 11.7 Å². The minimum absolute atomic E-state index is 0.0378. The van der Waals surface area contributed by atoms with Crippen LogP contribution in [0, 0.1) is 0 Å². The monoisotopic (exact) mass is 235 g/mol. The van der Waals surface area contributed by atoms with Gasteiger partial charge in [-0.3, -0.25) is 0 Å². The van der Waals surface area contributed by atoms with Gasteiger partial charge in [-0.05, 0) is 25.0 Å². The maximum absolute atomic E-state index is 11.7. The van der Waals surface area contributed by atoms with E-state index in [1.54, 1.807) is 4.90 Å². The summed E-state index contributed by atoms with van der Waals surface area (Å²) in [4.78, 5) is 27.7. The van der Waals surface area contributed by atoms with E-state index in [0.29, 0.717) is 5.69 Å². The van der Waals surface area contributed by atoms with Gasteiger partial charge in [0.25, 0.3) is 0 Å². The summed E-state index contributed by atoms with van der Waals surface area (Å²) in [5.74, 6) is -1.08. The average molecular weight is 235 g/mol. The molecule has 1 aromatic heterocycles. The summed E-state index contributed by atoms with van der Waals surface area (Å²) < 4.78 is 0. The number of nitrogens with one attached hydrogen (secondary N) is 1. The molecule has 1 saturated heterocycles. The zero-order chi connectivity index (χ0) is 12.3. The Balaban J connectivity index is 1.98. The van der Waals surface area contributed by atoms with Crippen LogP contribution in [0.2, 0.25) is 0 Å². The van der Waals surface area contributed by atoms with Crippen molar-refractivity contribution in [1.29, 1.82) is 0 Å². The largest absolute Gasteiger partial charge is 0.477 e. The lowest BCUT2D eigenvalue weighted by Crippen LogP contribution is -2.32. The molecule has 1 aliphatic rings. The molecule has 0 atom stereocenters. The molecule has 6 nitrogen and oxygen atoms in total. The first kappa shape index (κ1) is 11.4. The summed E-state index contributed by atoms with van der Waals surface area (Å²) in [6.45, 7) is 1.54. The first-order valence-electron chi connectivity index (χ1n) is 5.42. The summed E-state index contributed by atoms with van der Waals surface area (Å²) in [6, 6.07) is 2.74. The number of hydrogen-bond donors (Lipinski definition) is 2. The molecule has 1 aromatic rings. The van der Waals surface area contributed by atoms with Crippen molar-refractivity contribution in [1.82, 2.24) is 9.88 Å². The highest BCUT2D eigenvalue weighted by Crippen LogP contribution is 2.11. The molecular weight excluding hydrogens is 222 g/mol. The number of carbonyl (C=O) groups is 2. The van der Waals surface area contributed by atoms with Gasteiger partial charge < -0.3 is 15.3 Å². The Morgan fingerprint density at radius 2 is 2.00 bits per heavy atom. The van der Waals surface area contributed by atoms with Crippen LogP contribution in [0.4, 0.5) is 10.5 Å². The second kappa shape index (κ2) is 4.82. The zero-order valence-electron chi connectivity index (χ0n) is 9.22. The first-order valence-corrected chi connectivity index (χ1v) is 5.42. The van der Waals surface area contributed by atoms with Crippen LogP contribution in [0.1, 0.15) is 23.3 Å². The second-order valence-electron chi connectivity index (χ2n) is 3.86. The minimum atomic E-state index is -1.08. The van der Waals surface area contributed by atoms with Gasteiger partial charge in [-0.1, -0.05) is 0 Å². The number of carboxylic acids is 1. The van der Waals surface area contributed by atoms with Gasteiger partial charge in [0.1, 0.15) is 5.69 Å². The molecule has 1 fully saturated rings. The van der Waals surface area contributed by atoms with Crippen molar-refractivity contribution in [2.45, 2.75) is 12.8 Å². The van der Waals surface area contributed by atoms with Gasteiger partial charge in [0.15, 0.2) is 0 Å². The van der Waals surface area contributed by atoms with Crippen LogP contribution in [0.25, 0.3) is 0 Å². The Labute approximate surface area is 98.3 Å². The number of amides is 2. The molecular formula is C11H13N3O3. The van der Waals surface area contributed by atoms with Gasteiger partial charge in [-0.15, -0.1) is 0 Å². The van der Waals surface area contributed by atoms with E-state index < -0.39 is 5.97 Å². The van der Waals surface area contributed by atoms with Crippen LogP contribution in [-0.4, -0.2) is 40.1 Å². The predicted molar refractivity (Wildman–Crippen MR) is 61.0 cm³/mol. The molecule has 2 heterocycles. The van der Waals surface area contributed by atoms with Crippen LogP contribution in [0.3, 0.4) is 0 Å². The van der Waals surface area contributed by atoms with E-state index in [1.807, 2.05) is 0 Å². The van der Waals surface area contributed by atoms with Crippen LogP contribution in [0.15, 0.2) is 18.3 Å². The lowest BCUT2D eigenvalue weighted by molar-refractivity contribution is 0.0690. The number of carboxylic acid groups (broad SMARTS) is 1. The smallest absolute Gasteiger partial charge is 0.354 e. The highest BCUT2D eigenvalue weighted by molar-refractivity contribution is 5.90. The SMILES string of the molecule is O=C(O)c1ccc(NC(=O)N2CCCC2)cn1.